The number of nitrogens with zero attached hydrogens (tertiary/aromatic N) is 1. The van der Waals surface area contributed by atoms with Gasteiger partial charge in [0.05, 0.1) is 0 Å². The summed E-state index contributed by atoms with van der Waals surface area (Å²) in [6.07, 6.45) is 6.43. The molecule has 0 heterocycles. The minimum atomic E-state index is 0.538. The van der Waals surface area contributed by atoms with Crippen molar-refractivity contribution in [1.29, 1.82) is 0 Å². The summed E-state index contributed by atoms with van der Waals surface area (Å²) in [7, 11) is 0. The van der Waals surface area contributed by atoms with E-state index in [4.69, 9.17) is 5.84 Å². The van der Waals surface area contributed by atoms with Crippen LogP contribution in [0.1, 0.15) is 46.0 Å². The number of rotatable bonds is 2. The summed E-state index contributed by atoms with van der Waals surface area (Å²) in [4.78, 5) is 4.26. The molecule has 2 unspecified atom stereocenters. The average molecular weight is 212 g/mol. The van der Waals surface area contributed by atoms with Gasteiger partial charge in [-0.25, -0.2) is 5.84 Å². The number of hydrogen-bond donors (Lipinski definition) is 3. The number of guanidine groups is 1. The van der Waals surface area contributed by atoms with Gasteiger partial charge in [0.15, 0.2) is 0 Å². The SMILES string of the molecule is CCN=C(NN)NC1CCCC(C)CC1. The van der Waals surface area contributed by atoms with Crippen LogP contribution in [0.3, 0.4) is 0 Å². The molecule has 0 bridgehead atoms. The summed E-state index contributed by atoms with van der Waals surface area (Å²) >= 11 is 0. The second-order valence-electron chi connectivity index (χ2n) is 4.42. The number of hydrogen-bond acceptors (Lipinski definition) is 2. The van der Waals surface area contributed by atoms with E-state index in [1.807, 2.05) is 6.92 Å². The third-order valence-electron chi connectivity index (χ3n) is 3.05. The van der Waals surface area contributed by atoms with Crippen LogP contribution in [-0.4, -0.2) is 18.5 Å². The molecule has 4 heteroatoms. The van der Waals surface area contributed by atoms with E-state index in [1.54, 1.807) is 0 Å². The molecule has 0 radical (unpaired) electrons. The monoisotopic (exact) mass is 212 g/mol. The van der Waals surface area contributed by atoms with E-state index in [2.05, 4.69) is 22.7 Å². The highest BCUT2D eigenvalue weighted by molar-refractivity contribution is 5.79. The largest absolute Gasteiger partial charge is 0.353 e. The van der Waals surface area contributed by atoms with E-state index in [1.165, 1.54) is 32.1 Å². The molecule has 0 aromatic carbocycles. The third kappa shape index (κ3) is 4.51. The van der Waals surface area contributed by atoms with Crippen LogP contribution in [0.5, 0.6) is 0 Å². The first-order valence-electron chi connectivity index (χ1n) is 6.03. The second kappa shape index (κ2) is 6.67. The Morgan fingerprint density at radius 2 is 2.13 bits per heavy atom. The van der Waals surface area contributed by atoms with Crippen LogP contribution in [0.4, 0.5) is 0 Å². The minimum absolute atomic E-state index is 0.538. The lowest BCUT2D eigenvalue weighted by molar-refractivity contribution is 0.487. The maximum absolute atomic E-state index is 5.40. The Balaban J connectivity index is 2.39. The van der Waals surface area contributed by atoms with Gasteiger partial charge in [-0.1, -0.05) is 19.8 Å². The predicted molar refractivity (Wildman–Crippen MR) is 64.5 cm³/mol. The van der Waals surface area contributed by atoms with Crippen LogP contribution in [0.2, 0.25) is 0 Å². The molecule has 0 aromatic heterocycles. The van der Waals surface area contributed by atoms with Gasteiger partial charge < -0.3 is 5.32 Å². The minimum Gasteiger partial charge on any atom is -0.353 e. The fraction of sp³-hybridized carbons (Fsp3) is 0.909. The highest BCUT2D eigenvalue weighted by atomic mass is 15.3. The fourth-order valence-corrected chi connectivity index (χ4v) is 2.12. The van der Waals surface area contributed by atoms with Gasteiger partial charge in [-0.05, 0) is 32.1 Å². The van der Waals surface area contributed by atoms with Gasteiger partial charge >= 0.3 is 0 Å². The summed E-state index contributed by atoms with van der Waals surface area (Å²) < 4.78 is 0. The second-order valence-corrected chi connectivity index (χ2v) is 4.42. The summed E-state index contributed by atoms with van der Waals surface area (Å²) in [5.74, 6) is 7.00. The Hall–Kier alpha value is -0.770. The molecule has 0 saturated heterocycles. The molecule has 0 spiro atoms. The lowest BCUT2D eigenvalue weighted by Crippen LogP contribution is -2.46. The van der Waals surface area contributed by atoms with Gasteiger partial charge in [-0.3, -0.25) is 10.4 Å². The molecule has 4 nitrogen and oxygen atoms in total. The van der Waals surface area contributed by atoms with Crippen LogP contribution in [0.15, 0.2) is 4.99 Å². The van der Waals surface area contributed by atoms with Crippen molar-refractivity contribution in [3.63, 3.8) is 0 Å². The van der Waals surface area contributed by atoms with Gasteiger partial charge in [0.25, 0.3) is 0 Å². The first-order chi connectivity index (χ1) is 7.26. The topological polar surface area (TPSA) is 62.4 Å². The van der Waals surface area contributed by atoms with Crippen LogP contribution in [-0.2, 0) is 0 Å². The molecule has 0 aromatic rings. The van der Waals surface area contributed by atoms with Crippen molar-refractivity contribution in [2.75, 3.05) is 6.54 Å². The maximum atomic E-state index is 5.40. The van der Waals surface area contributed by atoms with Crippen molar-refractivity contribution in [2.45, 2.75) is 52.0 Å². The molecule has 2 atom stereocenters. The quantitative estimate of drug-likeness (QED) is 0.213. The number of aliphatic imine (C=N–C) groups is 1. The van der Waals surface area contributed by atoms with Crippen molar-refractivity contribution in [1.82, 2.24) is 10.7 Å². The van der Waals surface area contributed by atoms with Crippen LogP contribution >= 0.6 is 0 Å². The lowest BCUT2D eigenvalue weighted by Gasteiger charge is -2.18. The van der Waals surface area contributed by atoms with Crippen LogP contribution in [0, 0.1) is 5.92 Å². The Kier molecular flexibility index (Phi) is 5.47. The van der Waals surface area contributed by atoms with Gasteiger partial charge in [-0.15, -0.1) is 0 Å². The van der Waals surface area contributed by atoms with Gasteiger partial charge in [0, 0.05) is 12.6 Å². The maximum Gasteiger partial charge on any atom is 0.205 e. The molecule has 88 valence electrons. The summed E-state index contributed by atoms with van der Waals surface area (Å²) in [6, 6.07) is 0.538. The predicted octanol–water partition coefficient (Wildman–Crippen LogP) is 1.38. The van der Waals surface area contributed by atoms with Crippen molar-refractivity contribution in [3.8, 4) is 0 Å². The zero-order valence-electron chi connectivity index (χ0n) is 9.92. The molecule has 4 N–H and O–H groups in total. The summed E-state index contributed by atoms with van der Waals surface area (Å²) in [5, 5.41) is 3.38. The van der Waals surface area contributed by atoms with Gasteiger partial charge in [0.1, 0.15) is 0 Å². The van der Waals surface area contributed by atoms with E-state index < -0.39 is 0 Å². The first-order valence-corrected chi connectivity index (χ1v) is 6.03. The summed E-state index contributed by atoms with van der Waals surface area (Å²) in [6.45, 7) is 5.11. The first kappa shape index (κ1) is 12.3. The molecule has 1 aliphatic carbocycles. The zero-order chi connectivity index (χ0) is 11.1. The smallest absolute Gasteiger partial charge is 0.205 e. The molecule has 1 fully saturated rings. The third-order valence-corrected chi connectivity index (χ3v) is 3.05. The Labute approximate surface area is 92.7 Å². The molecular weight excluding hydrogens is 188 g/mol. The highest BCUT2D eigenvalue weighted by Crippen LogP contribution is 2.22. The van der Waals surface area contributed by atoms with E-state index in [0.717, 1.165) is 18.4 Å². The zero-order valence-corrected chi connectivity index (χ0v) is 9.92. The molecule has 15 heavy (non-hydrogen) atoms. The summed E-state index contributed by atoms with van der Waals surface area (Å²) in [5.41, 5.74) is 2.62. The van der Waals surface area contributed by atoms with Crippen molar-refractivity contribution >= 4 is 5.96 Å². The normalized spacial score (nSPS) is 28.3. The average Bonchev–Trinajstić information content (AvgIpc) is 2.43. The van der Waals surface area contributed by atoms with E-state index in [-0.39, 0.29) is 0 Å². The van der Waals surface area contributed by atoms with Gasteiger partial charge in [0.2, 0.25) is 5.96 Å². The van der Waals surface area contributed by atoms with Crippen molar-refractivity contribution < 1.29 is 0 Å². The standard InChI is InChI=1S/C11H24N4/c1-3-13-11(15-12)14-10-6-4-5-9(2)7-8-10/h9-10H,3-8,12H2,1-2H3,(H2,13,14,15). The molecule has 0 aliphatic heterocycles. The number of hydrazine groups is 1. The Morgan fingerprint density at radius 3 is 2.80 bits per heavy atom. The molecule has 1 aliphatic rings. The van der Waals surface area contributed by atoms with E-state index in [0.29, 0.717) is 6.04 Å². The van der Waals surface area contributed by atoms with Crippen molar-refractivity contribution in [2.24, 2.45) is 16.8 Å². The number of nitrogens with two attached hydrogens (primary N) is 1. The Morgan fingerprint density at radius 1 is 1.33 bits per heavy atom. The highest BCUT2D eigenvalue weighted by Gasteiger charge is 2.16. The van der Waals surface area contributed by atoms with E-state index >= 15 is 0 Å². The van der Waals surface area contributed by atoms with Crippen molar-refractivity contribution in [3.05, 3.63) is 0 Å². The molecule has 0 amide bonds. The van der Waals surface area contributed by atoms with Gasteiger partial charge in [-0.2, -0.15) is 0 Å². The molecule has 1 saturated carbocycles. The molecule has 1 rings (SSSR count). The molecular formula is C11H24N4. The van der Waals surface area contributed by atoms with Crippen LogP contribution in [0.25, 0.3) is 0 Å². The fourth-order valence-electron chi connectivity index (χ4n) is 2.12. The van der Waals surface area contributed by atoms with Crippen LogP contribution < -0.4 is 16.6 Å². The Bertz CT molecular complexity index is 203. The lowest BCUT2D eigenvalue weighted by atomic mass is 10.0. The number of nitrogens with one attached hydrogen (secondary N) is 2. The van der Waals surface area contributed by atoms with E-state index in [9.17, 15) is 0 Å².